The van der Waals surface area contributed by atoms with Gasteiger partial charge in [-0.25, -0.2) is 5.01 Å². The number of nitrogens with zero attached hydrogens (tertiary/aromatic N) is 5. The molecule has 1 N–H and O–H groups in total. The van der Waals surface area contributed by atoms with Crippen molar-refractivity contribution in [2.45, 2.75) is 12.5 Å². The van der Waals surface area contributed by atoms with Crippen LogP contribution in [0, 0.1) is 11.5 Å². The minimum Gasteiger partial charge on any atom is -0.370 e. The topological polar surface area (TPSA) is 93.3 Å². The van der Waals surface area contributed by atoms with Crippen LogP contribution in [-0.2, 0) is 16.0 Å². The number of hydrogen-bond donors (Lipinski definition) is 1. The van der Waals surface area contributed by atoms with E-state index in [1.54, 1.807) is 28.1 Å². The molecule has 0 aliphatic carbocycles. The fraction of sp³-hybridized carbons (Fsp3) is 0.280. The first kappa shape index (κ1) is 23.5. The number of morpholine rings is 1. The van der Waals surface area contributed by atoms with E-state index in [0.29, 0.717) is 43.6 Å². The molecule has 8 nitrogen and oxygen atoms in total. The van der Waals surface area contributed by atoms with Gasteiger partial charge in [0, 0.05) is 23.7 Å². The lowest BCUT2D eigenvalue weighted by Crippen LogP contribution is -2.52. The average Bonchev–Trinajstić information content (AvgIpc) is 3.29. The molecule has 1 atom stereocenters. The summed E-state index contributed by atoms with van der Waals surface area (Å²) in [6.45, 7) is 5.64. The van der Waals surface area contributed by atoms with Crippen molar-refractivity contribution in [3.8, 4) is 6.19 Å². The first-order valence-electron chi connectivity index (χ1n) is 11.0. The van der Waals surface area contributed by atoms with Gasteiger partial charge >= 0.3 is 0 Å². The van der Waals surface area contributed by atoms with Gasteiger partial charge in [-0.3, -0.25) is 15.1 Å². The predicted molar refractivity (Wildman–Crippen MR) is 132 cm³/mol. The van der Waals surface area contributed by atoms with Crippen LogP contribution in [0.3, 0.4) is 0 Å². The molecule has 2 aromatic carbocycles. The zero-order valence-electron chi connectivity index (χ0n) is 18.7. The zero-order chi connectivity index (χ0) is 23.9. The summed E-state index contributed by atoms with van der Waals surface area (Å²) in [6.07, 6.45) is 4.46. The predicted octanol–water partition coefficient (Wildman–Crippen LogP) is 2.90. The molecule has 2 aliphatic rings. The Hall–Kier alpha value is -3.67. The van der Waals surface area contributed by atoms with E-state index in [-0.39, 0.29) is 18.6 Å². The zero-order valence-corrected chi connectivity index (χ0v) is 19.4. The number of benzene rings is 2. The van der Waals surface area contributed by atoms with Gasteiger partial charge in [0.15, 0.2) is 6.19 Å². The number of nitriles is 1. The molecule has 34 heavy (non-hydrogen) atoms. The third-order valence-electron chi connectivity index (χ3n) is 5.69. The summed E-state index contributed by atoms with van der Waals surface area (Å²) in [5.74, 6) is 0.255. The van der Waals surface area contributed by atoms with Gasteiger partial charge in [0.25, 0.3) is 0 Å². The molecule has 2 aromatic rings. The van der Waals surface area contributed by atoms with Crippen molar-refractivity contribution in [1.82, 2.24) is 15.2 Å². The number of hydrazone groups is 1. The molecule has 0 saturated carbocycles. The van der Waals surface area contributed by atoms with Crippen molar-refractivity contribution in [1.29, 1.82) is 5.26 Å². The Labute approximate surface area is 203 Å². The summed E-state index contributed by atoms with van der Waals surface area (Å²) in [7, 11) is 0. The quantitative estimate of drug-likeness (QED) is 0.299. The fourth-order valence-electron chi connectivity index (χ4n) is 4.00. The largest absolute Gasteiger partial charge is 0.370 e. The van der Waals surface area contributed by atoms with Crippen molar-refractivity contribution in [3.63, 3.8) is 0 Å². The van der Waals surface area contributed by atoms with Gasteiger partial charge in [-0.05, 0) is 29.7 Å². The second kappa shape index (κ2) is 11.0. The van der Waals surface area contributed by atoms with Crippen molar-refractivity contribution in [2.75, 3.05) is 32.8 Å². The van der Waals surface area contributed by atoms with E-state index in [1.807, 2.05) is 36.5 Å². The Morgan fingerprint density at radius 3 is 2.91 bits per heavy atom. The number of carbonyl (C=O) groups is 1. The molecule has 0 spiro atoms. The van der Waals surface area contributed by atoms with E-state index in [0.717, 1.165) is 22.4 Å². The van der Waals surface area contributed by atoms with Gasteiger partial charge in [0.05, 0.1) is 24.9 Å². The third kappa shape index (κ3) is 5.45. The lowest BCUT2D eigenvalue weighted by Gasteiger charge is -2.33. The van der Waals surface area contributed by atoms with E-state index in [9.17, 15) is 10.1 Å². The highest BCUT2D eigenvalue weighted by atomic mass is 35.5. The van der Waals surface area contributed by atoms with Crippen LogP contribution in [0.4, 0.5) is 0 Å². The highest BCUT2D eigenvalue weighted by Gasteiger charge is 2.37. The van der Waals surface area contributed by atoms with Crippen molar-refractivity contribution in [2.24, 2.45) is 10.1 Å². The van der Waals surface area contributed by atoms with Crippen LogP contribution in [-0.4, -0.2) is 66.4 Å². The van der Waals surface area contributed by atoms with E-state index < -0.39 is 0 Å². The van der Waals surface area contributed by atoms with Gasteiger partial charge < -0.3 is 9.64 Å². The number of aliphatic imine (C=N–C) groups is 1. The second-order valence-electron chi connectivity index (χ2n) is 7.87. The Balaban J connectivity index is 1.58. The molecule has 1 saturated heterocycles. The summed E-state index contributed by atoms with van der Waals surface area (Å²) in [5, 5.41) is 19.0. The minimum absolute atomic E-state index is 0.0472. The first-order valence-corrected chi connectivity index (χ1v) is 11.4. The fourth-order valence-corrected chi connectivity index (χ4v) is 4.13. The Morgan fingerprint density at radius 2 is 2.18 bits per heavy atom. The molecule has 9 heteroatoms. The molecule has 2 aliphatic heterocycles. The van der Waals surface area contributed by atoms with Crippen LogP contribution < -0.4 is 5.32 Å². The summed E-state index contributed by atoms with van der Waals surface area (Å²) >= 11 is 6.07. The molecule has 0 bridgehead atoms. The second-order valence-corrected chi connectivity index (χ2v) is 8.31. The third-order valence-corrected chi connectivity index (χ3v) is 5.94. The number of guanidine groups is 1. The molecule has 1 amide bonds. The van der Waals surface area contributed by atoms with E-state index in [4.69, 9.17) is 21.4 Å². The SMILES string of the molecule is C=Cc1cccc(CCN=C(NC#N)N2CC(N3CCOCC3=O)C(c3ccc(Cl)cc3)=N2)c1. The summed E-state index contributed by atoms with van der Waals surface area (Å²) in [4.78, 5) is 19.0. The smallest absolute Gasteiger partial charge is 0.249 e. The molecular formula is C25H25ClN6O2. The van der Waals surface area contributed by atoms with Gasteiger partial charge in [-0.15, -0.1) is 0 Å². The molecule has 1 unspecified atom stereocenters. The Kier molecular flexibility index (Phi) is 7.58. The number of amides is 1. The van der Waals surface area contributed by atoms with Crippen LogP contribution >= 0.6 is 11.6 Å². The van der Waals surface area contributed by atoms with Gasteiger partial charge in [0.2, 0.25) is 11.9 Å². The number of rotatable bonds is 6. The Morgan fingerprint density at radius 1 is 1.35 bits per heavy atom. The molecule has 0 aromatic heterocycles. The lowest BCUT2D eigenvalue weighted by molar-refractivity contribution is -0.143. The molecular weight excluding hydrogens is 452 g/mol. The summed E-state index contributed by atoms with van der Waals surface area (Å²) in [5.41, 5.74) is 3.75. The maximum atomic E-state index is 12.6. The summed E-state index contributed by atoms with van der Waals surface area (Å²) < 4.78 is 5.31. The lowest BCUT2D eigenvalue weighted by atomic mass is 10.0. The Bertz CT molecular complexity index is 1150. The number of hydrogen-bond acceptors (Lipinski definition) is 5. The maximum absolute atomic E-state index is 12.6. The molecule has 4 rings (SSSR count). The first-order chi connectivity index (χ1) is 16.6. The van der Waals surface area contributed by atoms with Gasteiger partial charge in [0.1, 0.15) is 6.61 Å². The van der Waals surface area contributed by atoms with E-state index in [2.05, 4.69) is 23.0 Å². The molecule has 2 heterocycles. The van der Waals surface area contributed by atoms with E-state index >= 15 is 0 Å². The van der Waals surface area contributed by atoms with Crippen LogP contribution in [0.2, 0.25) is 5.02 Å². The number of halogens is 1. The monoisotopic (exact) mass is 476 g/mol. The van der Waals surface area contributed by atoms with Gasteiger partial charge in [-0.2, -0.15) is 10.4 Å². The number of ether oxygens (including phenoxy) is 1. The molecule has 1 fully saturated rings. The van der Waals surface area contributed by atoms with Crippen molar-refractivity contribution in [3.05, 3.63) is 76.8 Å². The maximum Gasteiger partial charge on any atom is 0.249 e. The standard InChI is InChI=1S/C25H25ClN6O2/c1-2-18-4-3-5-19(14-18)10-11-28-25(29-17-27)32-15-22(31-12-13-34-16-23(31)33)24(30-32)20-6-8-21(26)9-7-20/h2-9,14,22H,1,10-13,15-16H2,(H,28,29). The molecule has 0 radical (unpaired) electrons. The highest BCUT2D eigenvalue weighted by molar-refractivity contribution is 6.30. The van der Waals surface area contributed by atoms with Crippen LogP contribution in [0.25, 0.3) is 6.08 Å². The van der Waals surface area contributed by atoms with Crippen LogP contribution in [0.1, 0.15) is 16.7 Å². The van der Waals surface area contributed by atoms with Crippen molar-refractivity contribution >= 4 is 35.3 Å². The average molecular weight is 477 g/mol. The minimum atomic E-state index is -0.299. The van der Waals surface area contributed by atoms with Gasteiger partial charge in [-0.1, -0.05) is 60.7 Å². The van der Waals surface area contributed by atoms with Crippen LogP contribution in [0.5, 0.6) is 0 Å². The number of carbonyl (C=O) groups excluding carboxylic acids is 1. The number of nitrogens with one attached hydrogen (secondary N) is 1. The molecule has 174 valence electrons. The highest BCUT2D eigenvalue weighted by Crippen LogP contribution is 2.22. The van der Waals surface area contributed by atoms with E-state index in [1.165, 1.54) is 0 Å². The van der Waals surface area contributed by atoms with Crippen LogP contribution in [0.15, 0.2) is 65.2 Å². The van der Waals surface area contributed by atoms with Crippen molar-refractivity contribution < 1.29 is 9.53 Å². The summed E-state index contributed by atoms with van der Waals surface area (Å²) in [6, 6.07) is 15.1. The normalized spacial score (nSPS) is 18.5.